The van der Waals surface area contributed by atoms with E-state index < -0.39 is 11.6 Å². The predicted octanol–water partition coefficient (Wildman–Crippen LogP) is 2.35. The zero-order valence-corrected chi connectivity index (χ0v) is 10.6. The highest BCUT2D eigenvalue weighted by molar-refractivity contribution is 5.69. The van der Waals surface area contributed by atoms with E-state index in [1.807, 2.05) is 11.9 Å². The van der Waals surface area contributed by atoms with E-state index in [-0.39, 0.29) is 5.97 Å². The summed E-state index contributed by atoms with van der Waals surface area (Å²) in [6.07, 6.45) is 1.03. The lowest BCUT2D eigenvalue weighted by atomic mass is 10.2. The molecule has 0 N–H and O–H groups in total. The van der Waals surface area contributed by atoms with E-state index >= 15 is 0 Å². The van der Waals surface area contributed by atoms with Crippen molar-refractivity contribution in [3.63, 3.8) is 0 Å². The summed E-state index contributed by atoms with van der Waals surface area (Å²) in [6.45, 7) is 1.20. The van der Waals surface area contributed by atoms with Crippen molar-refractivity contribution in [1.29, 1.82) is 0 Å². The maximum absolute atomic E-state index is 13.0. The first-order chi connectivity index (χ1) is 8.52. The molecule has 0 aromatic heterocycles. The van der Waals surface area contributed by atoms with Gasteiger partial charge in [0.2, 0.25) is 0 Å². The van der Waals surface area contributed by atoms with Gasteiger partial charge in [0, 0.05) is 13.0 Å². The van der Waals surface area contributed by atoms with Crippen LogP contribution in [0.5, 0.6) is 0 Å². The predicted molar refractivity (Wildman–Crippen MR) is 63.9 cm³/mol. The van der Waals surface area contributed by atoms with Crippen LogP contribution in [0.2, 0.25) is 0 Å². The van der Waals surface area contributed by atoms with E-state index in [9.17, 15) is 13.6 Å². The molecule has 0 radical (unpaired) electrons. The summed E-state index contributed by atoms with van der Waals surface area (Å²) >= 11 is 0. The highest BCUT2D eigenvalue weighted by Crippen LogP contribution is 2.10. The molecular weight excluding hydrogens is 240 g/mol. The fourth-order valence-corrected chi connectivity index (χ4v) is 1.62. The first-order valence-electron chi connectivity index (χ1n) is 5.72. The largest absolute Gasteiger partial charge is 0.469 e. The van der Waals surface area contributed by atoms with Gasteiger partial charge in [0.1, 0.15) is 0 Å². The summed E-state index contributed by atoms with van der Waals surface area (Å²) < 4.78 is 30.2. The monoisotopic (exact) mass is 257 g/mol. The Kier molecular flexibility index (Phi) is 5.71. The van der Waals surface area contributed by atoms with E-state index in [1.165, 1.54) is 13.2 Å². The number of nitrogens with zero attached hydrogens (tertiary/aromatic N) is 1. The SMILES string of the molecule is COC(=O)CCCN(C)Cc1ccc(F)c(F)c1. The van der Waals surface area contributed by atoms with Gasteiger partial charge in [-0.05, 0) is 37.7 Å². The molecule has 0 amide bonds. The number of halogens is 2. The Morgan fingerprint density at radius 2 is 2.06 bits per heavy atom. The van der Waals surface area contributed by atoms with Crippen LogP contribution in [0, 0.1) is 11.6 Å². The number of carbonyl (C=O) groups is 1. The standard InChI is InChI=1S/C13H17F2NO2/c1-16(7-3-4-13(17)18-2)9-10-5-6-11(14)12(15)8-10/h5-6,8H,3-4,7,9H2,1-2H3. The van der Waals surface area contributed by atoms with Gasteiger partial charge in [-0.1, -0.05) is 6.07 Å². The highest BCUT2D eigenvalue weighted by atomic mass is 19.2. The average molecular weight is 257 g/mol. The van der Waals surface area contributed by atoms with Gasteiger partial charge in [0.25, 0.3) is 0 Å². The van der Waals surface area contributed by atoms with Crippen LogP contribution in [0.1, 0.15) is 18.4 Å². The molecule has 1 aromatic carbocycles. The molecule has 5 heteroatoms. The molecule has 0 unspecified atom stereocenters. The molecule has 0 atom stereocenters. The Bertz CT molecular complexity index is 410. The fourth-order valence-electron chi connectivity index (χ4n) is 1.62. The Morgan fingerprint density at radius 1 is 1.33 bits per heavy atom. The summed E-state index contributed by atoms with van der Waals surface area (Å²) in [5.41, 5.74) is 0.703. The average Bonchev–Trinajstić information content (AvgIpc) is 2.33. The van der Waals surface area contributed by atoms with Gasteiger partial charge in [0.05, 0.1) is 7.11 Å². The number of esters is 1. The molecule has 1 rings (SSSR count). The summed E-state index contributed by atoms with van der Waals surface area (Å²) in [4.78, 5) is 12.8. The van der Waals surface area contributed by atoms with Gasteiger partial charge in [-0.15, -0.1) is 0 Å². The summed E-state index contributed by atoms with van der Waals surface area (Å²) in [7, 11) is 3.21. The first kappa shape index (κ1) is 14.6. The Balaban J connectivity index is 2.37. The van der Waals surface area contributed by atoms with Crippen molar-refractivity contribution in [2.75, 3.05) is 20.7 Å². The van der Waals surface area contributed by atoms with Crippen molar-refractivity contribution < 1.29 is 18.3 Å². The van der Waals surface area contributed by atoms with Gasteiger partial charge < -0.3 is 9.64 Å². The van der Waals surface area contributed by atoms with Crippen LogP contribution in [0.3, 0.4) is 0 Å². The minimum Gasteiger partial charge on any atom is -0.469 e. The van der Waals surface area contributed by atoms with Crippen molar-refractivity contribution in [3.8, 4) is 0 Å². The number of ether oxygens (including phenoxy) is 1. The van der Waals surface area contributed by atoms with Gasteiger partial charge in [0.15, 0.2) is 11.6 Å². The molecule has 0 fully saturated rings. The van der Waals surface area contributed by atoms with Gasteiger partial charge in [-0.2, -0.15) is 0 Å². The number of hydrogen-bond acceptors (Lipinski definition) is 3. The molecule has 0 saturated carbocycles. The summed E-state index contributed by atoms with van der Waals surface area (Å²) in [6, 6.07) is 3.86. The van der Waals surface area contributed by atoms with Gasteiger partial charge in [-0.25, -0.2) is 8.78 Å². The third-order valence-electron chi connectivity index (χ3n) is 2.58. The van der Waals surface area contributed by atoms with Crippen LogP contribution in [0.15, 0.2) is 18.2 Å². The van der Waals surface area contributed by atoms with Gasteiger partial charge >= 0.3 is 5.97 Å². The minimum absolute atomic E-state index is 0.240. The Labute approximate surface area is 105 Å². The summed E-state index contributed by atoms with van der Waals surface area (Å²) in [5, 5.41) is 0. The normalized spacial score (nSPS) is 10.7. The maximum atomic E-state index is 13.0. The van der Waals surface area contributed by atoms with Crippen LogP contribution >= 0.6 is 0 Å². The molecular formula is C13H17F2NO2. The Hall–Kier alpha value is -1.49. The molecule has 18 heavy (non-hydrogen) atoms. The molecule has 0 heterocycles. The van der Waals surface area contributed by atoms with E-state index in [2.05, 4.69) is 4.74 Å². The number of hydrogen-bond donors (Lipinski definition) is 0. The smallest absolute Gasteiger partial charge is 0.305 e. The number of methoxy groups -OCH3 is 1. The van der Waals surface area contributed by atoms with Crippen LogP contribution in [0.25, 0.3) is 0 Å². The second-order valence-corrected chi connectivity index (χ2v) is 4.17. The minimum atomic E-state index is -0.841. The third kappa shape index (κ3) is 4.79. The Morgan fingerprint density at radius 3 is 2.67 bits per heavy atom. The molecule has 0 bridgehead atoms. The number of benzene rings is 1. The molecule has 0 saturated heterocycles. The van der Waals surface area contributed by atoms with Crippen molar-refractivity contribution in [2.24, 2.45) is 0 Å². The lowest BCUT2D eigenvalue weighted by Gasteiger charge is -2.16. The van der Waals surface area contributed by atoms with Crippen molar-refractivity contribution in [3.05, 3.63) is 35.4 Å². The van der Waals surface area contributed by atoms with Crippen LogP contribution in [-0.4, -0.2) is 31.6 Å². The third-order valence-corrected chi connectivity index (χ3v) is 2.58. The second kappa shape index (κ2) is 7.06. The summed E-state index contributed by atoms with van der Waals surface area (Å²) in [5.74, 6) is -1.92. The van der Waals surface area contributed by atoms with Crippen molar-refractivity contribution in [1.82, 2.24) is 4.90 Å². The van der Waals surface area contributed by atoms with Crippen LogP contribution < -0.4 is 0 Å². The topological polar surface area (TPSA) is 29.5 Å². The van der Waals surface area contributed by atoms with Gasteiger partial charge in [-0.3, -0.25) is 4.79 Å². The lowest BCUT2D eigenvalue weighted by molar-refractivity contribution is -0.140. The van der Waals surface area contributed by atoms with Crippen molar-refractivity contribution in [2.45, 2.75) is 19.4 Å². The van der Waals surface area contributed by atoms with Crippen LogP contribution in [0.4, 0.5) is 8.78 Å². The van der Waals surface area contributed by atoms with E-state index in [1.54, 1.807) is 6.07 Å². The molecule has 0 aliphatic heterocycles. The molecule has 0 aliphatic carbocycles. The number of rotatable bonds is 6. The fraction of sp³-hybridized carbons (Fsp3) is 0.462. The molecule has 0 spiro atoms. The molecule has 3 nitrogen and oxygen atoms in total. The molecule has 100 valence electrons. The van der Waals surface area contributed by atoms with E-state index in [0.29, 0.717) is 31.5 Å². The second-order valence-electron chi connectivity index (χ2n) is 4.17. The lowest BCUT2D eigenvalue weighted by Crippen LogP contribution is -2.20. The van der Waals surface area contributed by atoms with E-state index in [4.69, 9.17) is 0 Å². The maximum Gasteiger partial charge on any atom is 0.305 e. The first-order valence-corrected chi connectivity index (χ1v) is 5.72. The quantitative estimate of drug-likeness (QED) is 0.733. The molecule has 0 aliphatic rings. The zero-order chi connectivity index (χ0) is 13.5. The highest BCUT2D eigenvalue weighted by Gasteiger charge is 2.06. The molecule has 1 aromatic rings. The van der Waals surface area contributed by atoms with E-state index in [0.717, 1.165) is 6.07 Å². The van der Waals surface area contributed by atoms with Crippen molar-refractivity contribution >= 4 is 5.97 Å². The zero-order valence-electron chi connectivity index (χ0n) is 10.6. The number of carbonyl (C=O) groups excluding carboxylic acids is 1. The van der Waals surface area contributed by atoms with Crippen LogP contribution in [-0.2, 0) is 16.1 Å².